The van der Waals surface area contributed by atoms with Gasteiger partial charge in [-0.3, -0.25) is 4.99 Å². The van der Waals surface area contributed by atoms with E-state index >= 15 is 0 Å². The van der Waals surface area contributed by atoms with Crippen LogP contribution < -0.4 is 10.2 Å². The lowest BCUT2D eigenvalue weighted by molar-refractivity contribution is 0.374. The lowest BCUT2D eigenvalue weighted by Gasteiger charge is -2.37. The fraction of sp³-hybridized carbons (Fsp3) is 0.615. The Morgan fingerprint density at radius 2 is 2.10 bits per heavy atom. The highest BCUT2D eigenvalue weighted by molar-refractivity contribution is 7.90. The van der Waals surface area contributed by atoms with Crippen LogP contribution in [0.25, 0.3) is 0 Å². The van der Waals surface area contributed by atoms with Crippen molar-refractivity contribution in [2.75, 3.05) is 56.7 Å². The molecule has 1 saturated heterocycles. The summed E-state index contributed by atoms with van der Waals surface area (Å²) in [6, 6.07) is 4.21. The summed E-state index contributed by atoms with van der Waals surface area (Å²) in [5, 5.41) is 6.52. The number of hydrogen-bond acceptors (Lipinski definition) is 5. The molecule has 0 bridgehead atoms. The van der Waals surface area contributed by atoms with Crippen molar-refractivity contribution >= 4 is 32.1 Å². The number of nitrogens with zero attached hydrogens (tertiary/aromatic N) is 3. The second-order valence-electron chi connectivity index (χ2n) is 5.03. The molecule has 1 aromatic heterocycles. The first-order valence-corrected chi connectivity index (χ1v) is 9.85. The zero-order chi connectivity index (χ0) is 15.3. The van der Waals surface area contributed by atoms with Crippen molar-refractivity contribution in [3.63, 3.8) is 0 Å². The summed E-state index contributed by atoms with van der Waals surface area (Å²) in [6.45, 7) is 4.07. The molecule has 6 nitrogen and oxygen atoms in total. The Kier molecular flexibility index (Phi) is 5.46. The molecule has 2 rings (SSSR count). The second-order valence-corrected chi connectivity index (χ2v) is 8.22. The Labute approximate surface area is 130 Å². The van der Waals surface area contributed by atoms with E-state index in [2.05, 4.69) is 37.6 Å². The number of nitrogens with one attached hydrogen (secondary N) is 1. The van der Waals surface area contributed by atoms with E-state index in [4.69, 9.17) is 0 Å². The van der Waals surface area contributed by atoms with Gasteiger partial charge in [0, 0.05) is 46.0 Å². The maximum Gasteiger partial charge on any atom is 0.193 e. The molecule has 0 saturated carbocycles. The van der Waals surface area contributed by atoms with E-state index in [1.165, 1.54) is 11.3 Å². The van der Waals surface area contributed by atoms with Gasteiger partial charge >= 0.3 is 0 Å². The van der Waals surface area contributed by atoms with Crippen molar-refractivity contribution in [3.05, 3.63) is 17.5 Å². The first kappa shape index (κ1) is 16.1. The van der Waals surface area contributed by atoms with E-state index in [9.17, 15) is 8.42 Å². The maximum absolute atomic E-state index is 11.2. The molecule has 0 radical (unpaired) electrons. The van der Waals surface area contributed by atoms with Gasteiger partial charge in [0.1, 0.15) is 9.84 Å². The minimum atomic E-state index is -2.94. The topological polar surface area (TPSA) is 65.0 Å². The molecule has 118 valence electrons. The Bertz CT molecular complexity index is 561. The van der Waals surface area contributed by atoms with E-state index in [0.29, 0.717) is 6.54 Å². The molecule has 0 spiro atoms. The average Bonchev–Trinajstić information content (AvgIpc) is 2.97. The molecule has 21 heavy (non-hydrogen) atoms. The highest BCUT2D eigenvalue weighted by Crippen LogP contribution is 2.22. The third-order valence-electron chi connectivity index (χ3n) is 3.36. The van der Waals surface area contributed by atoms with Crippen LogP contribution in [0.4, 0.5) is 5.00 Å². The van der Waals surface area contributed by atoms with Crippen LogP contribution in [0.15, 0.2) is 22.5 Å². The van der Waals surface area contributed by atoms with Gasteiger partial charge in [-0.05, 0) is 17.5 Å². The molecule has 2 heterocycles. The highest BCUT2D eigenvalue weighted by atomic mass is 32.2. The van der Waals surface area contributed by atoms with Gasteiger partial charge in [0.25, 0.3) is 0 Å². The predicted octanol–water partition coefficient (Wildman–Crippen LogP) is 0.490. The standard InChI is InChI=1S/C13H22N4O2S2/c1-14-13(15-5-11-21(2,18)19)17-8-6-16(7-9-17)12-4-3-10-20-12/h3-4,10H,5-9,11H2,1-2H3,(H,14,15). The summed E-state index contributed by atoms with van der Waals surface area (Å²) < 4.78 is 22.3. The largest absolute Gasteiger partial charge is 0.360 e. The SMILES string of the molecule is CN=C(NCCS(C)(=O)=O)N1CCN(c2cccs2)CC1. The van der Waals surface area contributed by atoms with Crippen LogP contribution in [0, 0.1) is 0 Å². The molecular formula is C13H22N4O2S2. The Morgan fingerprint density at radius 3 is 2.62 bits per heavy atom. The number of aliphatic imine (C=N–C) groups is 1. The minimum absolute atomic E-state index is 0.126. The summed E-state index contributed by atoms with van der Waals surface area (Å²) >= 11 is 1.76. The van der Waals surface area contributed by atoms with Gasteiger partial charge in [0.15, 0.2) is 5.96 Å². The van der Waals surface area contributed by atoms with Crippen LogP contribution in [0.1, 0.15) is 0 Å². The fourth-order valence-corrected chi connectivity index (χ4v) is 3.53. The van der Waals surface area contributed by atoms with Crippen molar-refractivity contribution in [3.8, 4) is 0 Å². The van der Waals surface area contributed by atoms with Gasteiger partial charge in [0.2, 0.25) is 0 Å². The third kappa shape index (κ3) is 4.89. The van der Waals surface area contributed by atoms with Crippen LogP contribution in [0.2, 0.25) is 0 Å². The average molecular weight is 330 g/mol. The Hall–Kier alpha value is -1.28. The quantitative estimate of drug-likeness (QED) is 0.643. The summed E-state index contributed by atoms with van der Waals surface area (Å²) in [4.78, 5) is 8.78. The van der Waals surface area contributed by atoms with E-state index in [1.807, 2.05) is 0 Å². The van der Waals surface area contributed by atoms with E-state index in [-0.39, 0.29) is 5.75 Å². The highest BCUT2D eigenvalue weighted by Gasteiger charge is 2.20. The molecule has 0 aliphatic carbocycles. The van der Waals surface area contributed by atoms with Crippen LogP contribution >= 0.6 is 11.3 Å². The lowest BCUT2D eigenvalue weighted by atomic mass is 10.3. The Morgan fingerprint density at radius 1 is 1.38 bits per heavy atom. The number of sulfone groups is 1. The first-order chi connectivity index (χ1) is 9.99. The molecular weight excluding hydrogens is 308 g/mol. The first-order valence-electron chi connectivity index (χ1n) is 6.91. The number of hydrogen-bond donors (Lipinski definition) is 1. The number of guanidine groups is 1. The smallest absolute Gasteiger partial charge is 0.193 e. The van der Waals surface area contributed by atoms with Crippen molar-refractivity contribution in [1.82, 2.24) is 10.2 Å². The molecule has 0 unspecified atom stereocenters. The minimum Gasteiger partial charge on any atom is -0.360 e. The molecule has 1 aliphatic heterocycles. The van der Waals surface area contributed by atoms with Gasteiger partial charge in [-0.1, -0.05) is 0 Å². The molecule has 0 aromatic carbocycles. The zero-order valence-electron chi connectivity index (χ0n) is 12.4. The Balaban J connectivity index is 1.82. The third-order valence-corrected chi connectivity index (χ3v) is 5.24. The van der Waals surface area contributed by atoms with E-state index < -0.39 is 9.84 Å². The zero-order valence-corrected chi connectivity index (χ0v) is 14.1. The summed E-state index contributed by atoms with van der Waals surface area (Å²) in [5.41, 5.74) is 0. The molecule has 8 heteroatoms. The van der Waals surface area contributed by atoms with Crippen LogP contribution in [-0.2, 0) is 9.84 Å². The fourth-order valence-electron chi connectivity index (χ4n) is 2.27. The monoisotopic (exact) mass is 330 g/mol. The number of rotatable bonds is 4. The van der Waals surface area contributed by atoms with Crippen molar-refractivity contribution in [1.29, 1.82) is 0 Å². The molecule has 1 aliphatic rings. The number of thiophene rings is 1. The van der Waals surface area contributed by atoms with Gasteiger partial charge < -0.3 is 15.1 Å². The summed E-state index contributed by atoms with van der Waals surface area (Å²) in [6.07, 6.45) is 1.25. The van der Waals surface area contributed by atoms with E-state index in [1.54, 1.807) is 18.4 Å². The van der Waals surface area contributed by atoms with Crippen molar-refractivity contribution in [2.45, 2.75) is 0 Å². The van der Waals surface area contributed by atoms with E-state index in [0.717, 1.165) is 32.1 Å². The van der Waals surface area contributed by atoms with Gasteiger partial charge in [0.05, 0.1) is 10.8 Å². The second kappa shape index (κ2) is 7.13. The molecule has 1 fully saturated rings. The molecule has 0 amide bonds. The molecule has 0 atom stereocenters. The van der Waals surface area contributed by atoms with Crippen LogP contribution in [0.5, 0.6) is 0 Å². The van der Waals surface area contributed by atoms with Crippen molar-refractivity contribution < 1.29 is 8.42 Å². The van der Waals surface area contributed by atoms with Gasteiger partial charge in [-0.25, -0.2) is 8.42 Å². The summed E-state index contributed by atoms with van der Waals surface area (Å²) in [7, 11) is -1.21. The van der Waals surface area contributed by atoms with Crippen molar-refractivity contribution in [2.24, 2.45) is 4.99 Å². The van der Waals surface area contributed by atoms with Crippen LogP contribution in [-0.4, -0.2) is 71.1 Å². The number of piperazine rings is 1. The summed E-state index contributed by atoms with van der Waals surface area (Å²) in [5.74, 6) is 0.908. The normalized spacial score (nSPS) is 17.1. The van der Waals surface area contributed by atoms with Gasteiger partial charge in [-0.15, -0.1) is 11.3 Å². The molecule has 1 aromatic rings. The number of anilines is 1. The molecule has 1 N–H and O–H groups in total. The maximum atomic E-state index is 11.2. The lowest BCUT2D eigenvalue weighted by Crippen LogP contribution is -2.52. The van der Waals surface area contributed by atoms with Gasteiger partial charge in [-0.2, -0.15) is 0 Å². The van der Waals surface area contributed by atoms with Crippen LogP contribution in [0.3, 0.4) is 0 Å². The predicted molar refractivity (Wildman–Crippen MR) is 89.2 cm³/mol.